The first-order valence-corrected chi connectivity index (χ1v) is 8.81. The Morgan fingerprint density at radius 1 is 1.32 bits per heavy atom. The molecule has 120 valence electrons. The molecule has 1 aliphatic carbocycles. The van der Waals surface area contributed by atoms with Crippen LogP contribution in [0.5, 0.6) is 0 Å². The zero-order valence-electron chi connectivity index (χ0n) is 12.7. The highest BCUT2D eigenvalue weighted by molar-refractivity contribution is 7.89. The lowest BCUT2D eigenvalue weighted by Crippen LogP contribution is -2.46. The molecule has 0 aliphatic heterocycles. The molecule has 0 heterocycles. The van der Waals surface area contributed by atoms with Gasteiger partial charge in [-0.3, -0.25) is 9.52 Å². The largest absolute Gasteiger partial charge is 0.380 e. The summed E-state index contributed by atoms with van der Waals surface area (Å²) in [4.78, 5) is 12.1. The van der Waals surface area contributed by atoms with E-state index in [2.05, 4.69) is 11.3 Å². The molecule has 1 aromatic carbocycles. The number of ether oxygens (including phenoxy) is 1. The Hall–Kier alpha value is -1.66. The van der Waals surface area contributed by atoms with E-state index in [1.165, 1.54) is 0 Å². The van der Waals surface area contributed by atoms with Crippen LogP contribution in [-0.4, -0.2) is 21.4 Å². The molecule has 5 nitrogen and oxygen atoms in total. The van der Waals surface area contributed by atoms with E-state index in [4.69, 9.17) is 4.74 Å². The van der Waals surface area contributed by atoms with Crippen molar-refractivity contribution >= 4 is 15.9 Å². The van der Waals surface area contributed by atoms with Gasteiger partial charge in [0.05, 0.1) is 17.8 Å². The number of nitrogens with one attached hydrogen (secondary N) is 1. The Morgan fingerprint density at radius 3 is 2.36 bits per heavy atom. The average Bonchev–Trinajstić information content (AvgIpc) is 2.39. The third-order valence-electron chi connectivity index (χ3n) is 4.03. The highest BCUT2D eigenvalue weighted by atomic mass is 32.2. The van der Waals surface area contributed by atoms with Crippen LogP contribution < -0.4 is 4.72 Å². The summed E-state index contributed by atoms with van der Waals surface area (Å²) in [5, 5.41) is 0. The van der Waals surface area contributed by atoms with Gasteiger partial charge >= 0.3 is 0 Å². The minimum absolute atomic E-state index is 0.223. The summed E-state index contributed by atoms with van der Waals surface area (Å²) in [6.07, 6.45) is 3.79. The number of hydrogen-bond acceptors (Lipinski definition) is 4. The number of benzene rings is 1. The number of carbonyl (C=O) groups is 1. The third kappa shape index (κ3) is 3.75. The highest BCUT2D eigenvalue weighted by Crippen LogP contribution is 2.42. The fourth-order valence-electron chi connectivity index (χ4n) is 2.48. The van der Waals surface area contributed by atoms with E-state index in [9.17, 15) is 13.2 Å². The van der Waals surface area contributed by atoms with Crippen molar-refractivity contribution in [1.82, 2.24) is 4.72 Å². The van der Waals surface area contributed by atoms with Gasteiger partial charge in [0, 0.05) is 7.11 Å². The predicted molar refractivity (Wildman–Crippen MR) is 84.4 cm³/mol. The molecule has 1 aromatic rings. The maximum absolute atomic E-state index is 12.1. The van der Waals surface area contributed by atoms with Crippen molar-refractivity contribution in [2.24, 2.45) is 5.41 Å². The van der Waals surface area contributed by atoms with Crippen LogP contribution in [0.2, 0.25) is 0 Å². The number of amides is 1. The molecular weight excluding hydrogens is 302 g/mol. The van der Waals surface area contributed by atoms with Gasteiger partial charge in [-0.1, -0.05) is 36.8 Å². The van der Waals surface area contributed by atoms with Crippen molar-refractivity contribution in [3.63, 3.8) is 0 Å². The Bertz CT molecular complexity index is 645. The average molecular weight is 323 g/mol. The lowest BCUT2D eigenvalue weighted by molar-refractivity contribution is -0.130. The Morgan fingerprint density at radius 2 is 1.91 bits per heavy atom. The van der Waals surface area contributed by atoms with Crippen molar-refractivity contribution in [1.29, 1.82) is 0 Å². The number of rotatable bonds is 7. The van der Waals surface area contributed by atoms with Crippen molar-refractivity contribution in [2.45, 2.75) is 31.6 Å². The second-order valence-corrected chi connectivity index (χ2v) is 7.38. The van der Waals surface area contributed by atoms with Gasteiger partial charge in [0.1, 0.15) is 0 Å². The first-order chi connectivity index (χ1) is 10.4. The fourth-order valence-corrected chi connectivity index (χ4v) is 3.67. The molecule has 0 bridgehead atoms. The van der Waals surface area contributed by atoms with Crippen LogP contribution in [0.4, 0.5) is 0 Å². The van der Waals surface area contributed by atoms with E-state index in [1.807, 2.05) is 12.1 Å². The summed E-state index contributed by atoms with van der Waals surface area (Å²) >= 11 is 0. The fraction of sp³-hybridized carbons (Fsp3) is 0.438. The van der Waals surface area contributed by atoms with Crippen LogP contribution in [0.25, 0.3) is 0 Å². The van der Waals surface area contributed by atoms with E-state index < -0.39 is 21.3 Å². The molecule has 0 spiro atoms. The summed E-state index contributed by atoms with van der Waals surface area (Å²) in [5.74, 6) is -0.691. The smallest absolute Gasteiger partial charge is 0.243 e. The molecule has 1 fully saturated rings. The molecule has 1 aliphatic rings. The molecule has 1 amide bonds. The molecular formula is C16H21NO4S. The lowest BCUT2D eigenvalue weighted by atomic mass is 9.68. The topological polar surface area (TPSA) is 72.5 Å². The van der Waals surface area contributed by atoms with Gasteiger partial charge in [-0.2, -0.15) is 0 Å². The van der Waals surface area contributed by atoms with Gasteiger partial charge in [-0.25, -0.2) is 8.42 Å². The number of hydrogen-bond donors (Lipinski definition) is 1. The molecule has 22 heavy (non-hydrogen) atoms. The van der Waals surface area contributed by atoms with Crippen molar-refractivity contribution in [3.8, 4) is 0 Å². The summed E-state index contributed by atoms with van der Waals surface area (Å²) in [6.45, 7) is 4.13. The molecule has 1 N–H and O–H groups in total. The zero-order valence-corrected chi connectivity index (χ0v) is 13.5. The van der Waals surface area contributed by atoms with Gasteiger partial charge in [-0.15, -0.1) is 6.58 Å². The first-order valence-electron chi connectivity index (χ1n) is 7.16. The van der Waals surface area contributed by atoms with Gasteiger partial charge in [0.25, 0.3) is 0 Å². The molecule has 1 saturated carbocycles. The molecule has 0 radical (unpaired) electrons. The van der Waals surface area contributed by atoms with E-state index in [0.717, 1.165) is 12.0 Å². The second-order valence-electron chi connectivity index (χ2n) is 5.65. The van der Waals surface area contributed by atoms with Crippen LogP contribution in [0, 0.1) is 5.41 Å². The van der Waals surface area contributed by atoms with E-state index in [-0.39, 0.29) is 5.75 Å². The van der Waals surface area contributed by atoms with E-state index in [1.54, 1.807) is 25.3 Å². The van der Waals surface area contributed by atoms with Gasteiger partial charge in [0.15, 0.2) is 0 Å². The highest BCUT2D eigenvalue weighted by Gasteiger charge is 2.42. The zero-order chi connectivity index (χ0) is 16.2. The lowest BCUT2D eigenvalue weighted by Gasteiger charge is -2.37. The Labute approximate surface area is 131 Å². The first kappa shape index (κ1) is 16.7. The van der Waals surface area contributed by atoms with E-state index in [0.29, 0.717) is 25.0 Å². The van der Waals surface area contributed by atoms with Gasteiger partial charge in [-0.05, 0) is 24.0 Å². The van der Waals surface area contributed by atoms with Crippen LogP contribution in [0.15, 0.2) is 36.9 Å². The van der Waals surface area contributed by atoms with Crippen LogP contribution in [0.3, 0.4) is 0 Å². The summed E-state index contributed by atoms with van der Waals surface area (Å²) in [7, 11) is -2.11. The van der Waals surface area contributed by atoms with Crippen LogP contribution >= 0.6 is 0 Å². The summed E-state index contributed by atoms with van der Waals surface area (Å²) < 4.78 is 31.4. The molecule has 6 heteroatoms. The summed E-state index contributed by atoms with van der Waals surface area (Å²) in [5.41, 5.74) is 0.879. The normalized spacial score (nSPS) is 16.6. The number of methoxy groups -OCH3 is 1. The maximum atomic E-state index is 12.1. The summed E-state index contributed by atoms with van der Waals surface area (Å²) in [6, 6.07) is 7.08. The van der Waals surface area contributed by atoms with Crippen LogP contribution in [-0.2, 0) is 31.9 Å². The third-order valence-corrected chi connectivity index (χ3v) is 5.24. The van der Waals surface area contributed by atoms with Gasteiger partial charge in [0.2, 0.25) is 15.9 Å². The van der Waals surface area contributed by atoms with Crippen molar-refractivity contribution in [2.75, 3.05) is 7.11 Å². The van der Waals surface area contributed by atoms with Crippen LogP contribution in [0.1, 0.15) is 30.4 Å². The predicted octanol–water partition coefficient (Wildman–Crippen LogP) is 2.14. The number of sulfonamides is 1. The quantitative estimate of drug-likeness (QED) is 0.780. The molecule has 0 atom stereocenters. The van der Waals surface area contributed by atoms with Crippen molar-refractivity contribution in [3.05, 3.63) is 48.0 Å². The molecule has 2 rings (SSSR count). The SMILES string of the molecule is C=CC1(C(=O)NS(=O)(=O)Cc2ccc(COC)cc2)CCC1. The minimum atomic E-state index is -3.71. The molecule has 0 unspecified atom stereocenters. The number of carbonyl (C=O) groups excluding carboxylic acids is 1. The monoisotopic (exact) mass is 323 g/mol. The molecule has 0 aromatic heterocycles. The molecule has 0 saturated heterocycles. The standard InChI is InChI=1S/C16H21NO4S/c1-3-16(9-4-10-16)15(18)17-22(19,20)12-14-7-5-13(6-8-14)11-21-2/h3,5-8H,1,4,9-12H2,2H3,(H,17,18). The van der Waals surface area contributed by atoms with Gasteiger partial charge < -0.3 is 4.74 Å². The second kappa shape index (κ2) is 6.62. The maximum Gasteiger partial charge on any atom is 0.243 e. The minimum Gasteiger partial charge on any atom is -0.380 e. The Balaban J connectivity index is 2.01. The van der Waals surface area contributed by atoms with Crippen molar-refractivity contribution < 1.29 is 17.9 Å². The van der Waals surface area contributed by atoms with E-state index >= 15 is 0 Å². The Kier molecular flexibility index (Phi) is 5.03.